The Labute approximate surface area is 179 Å². The number of benzene rings is 1. The van der Waals surface area contributed by atoms with Crippen LogP contribution in [0.4, 0.5) is 5.69 Å². The fourth-order valence-corrected chi connectivity index (χ4v) is 7.09. The fraction of sp³-hybridized carbons (Fsp3) is 0.364. The van der Waals surface area contributed by atoms with E-state index in [2.05, 4.69) is 9.55 Å². The molecule has 1 atom stereocenters. The molecule has 0 radical (unpaired) electrons. The molecule has 2 aromatic heterocycles. The Morgan fingerprint density at radius 2 is 2.03 bits per heavy atom. The number of sulfone groups is 1. The van der Waals surface area contributed by atoms with Gasteiger partial charge >= 0.3 is 0 Å². The van der Waals surface area contributed by atoms with Crippen LogP contribution in [0.2, 0.25) is 5.02 Å². The molecule has 4 heterocycles. The van der Waals surface area contributed by atoms with Crippen molar-refractivity contribution in [1.82, 2.24) is 9.55 Å². The SMILES string of the molecule is O=C1N(Cc2cc3cc(Cl)ccc3n2[C@H]2CCS(=O)(=O)C2)c2cnccc2C12CC2. The molecule has 3 aliphatic rings. The Morgan fingerprint density at radius 3 is 2.77 bits per heavy atom. The summed E-state index contributed by atoms with van der Waals surface area (Å²) >= 11 is 6.21. The smallest absolute Gasteiger partial charge is 0.238 e. The lowest BCUT2D eigenvalue weighted by Gasteiger charge is -2.22. The normalized spacial score (nSPS) is 23.4. The van der Waals surface area contributed by atoms with E-state index in [-0.39, 0.29) is 28.9 Å². The third kappa shape index (κ3) is 2.58. The van der Waals surface area contributed by atoms with Crippen LogP contribution >= 0.6 is 11.6 Å². The van der Waals surface area contributed by atoms with Crippen molar-refractivity contribution in [2.24, 2.45) is 0 Å². The molecule has 1 aromatic carbocycles. The Bertz CT molecular complexity index is 1330. The van der Waals surface area contributed by atoms with E-state index in [1.165, 1.54) is 0 Å². The zero-order chi connectivity index (χ0) is 20.7. The highest BCUT2D eigenvalue weighted by molar-refractivity contribution is 7.91. The van der Waals surface area contributed by atoms with Crippen LogP contribution in [0, 0.1) is 0 Å². The molecule has 0 unspecified atom stereocenters. The van der Waals surface area contributed by atoms with Gasteiger partial charge < -0.3 is 9.47 Å². The molecule has 0 bridgehead atoms. The van der Waals surface area contributed by atoms with Crippen LogP contribution in [0.3, 0.4) is 0 Å². The number of pyridine rings is 1. The van der Waals surface area contributed by atoms with Crippen molar-refractivity contribution in [3.8, 4) is 0 Å². The Hall–Kier alpha value is -2.38. The quantitative estimate of drug-likeness (QED) is 0.622. The van der Waals surface area contributed by atoms with Gasteiger partial charge in [0.2, 0.25) is 5.91 Å². The molecule has 1 saturated carbocycles. The number of amides is 1. The van der Waals surface area contributed by atoms with E-state index in [0.717, 1.165) is 40.7 Å². The van der Waals surface area contributed by atoms with Crippen molar-refractivity contribution in [2.75, 3.05) is 16.4 Å². The maximum absolute atomic E-state index is 13.3. The topological polar surface area (TPSA) is 72.3 Å². The lowest BCUT2D eigenvalue weighted by Crippen LogP contribution is -2.32. The summed E-state index contributed by atoms with van der Waals surface area (Å²) in [6, 6.07) is 9.52. The summed E-state index contributed by atoms with van der Waals surface area (Å²) in [6.07, 6.45) is 5.84. The van der Waals surface area contributed by atoms with Crippen LogP contribution in [0.5, 0.6) is 0 Å². The highest BCUT2D eigenvalue weighted by Crippen LogP contribution is 2.57. The second kappa shape index (κ2) is 6.08. The predicted molar refractivity (Wildman–Crippen MR) is 116 cm³/mol. The fourth-order valence-electron chi connectivity index (χ4n) is 5.21. The van der Waals surface area contributed by atoms with Gasteiger partial charge in [-0.25, -0.2) is 8.42 Å². The van der Waals surface area contributed by atoms with Gasteiger partial charge in [-0.15, -0.1) is 0 Å². The molecule has 6 nitrogen and oxygen atoms in total. The number of aromatic nitrogens is 2. The molecule has 2 aliphatic heterocycles. The number of anilines is 1. The maximum atomic E-state index is 13.3. The third-order valence-electron chi connectivity index (χ3n) is 6.79. The minimum atomic E-state index is -3.05. The van der Waals surface area contributed by atoms with Gasteiger partial charge in [-0.1, -0.05) is 11.6 Å². The van der Waals surface area contributed by atoms with E-state index in [0.29, 0.717) is 18.0 Å². The van der Waals surface area contributed by atoms with Crippen LogP contribution in [0.15, 0.2) is 42.7 Å². The number of fused-ring (bicyclic) bond motifs is 3. The molecular formula is C22H20ClN3O3S. The summed E-state index contributed by atoms with van der Waals surface area (Å²) in [6.45, 7) is 0.391. The minimum Gasteiger partial charge on any atom is -0.339 e. The molecule has 0 N–H and O–H groups in total. The molecule has 30 heavy (non-hydrogen) atoms. The van der Waals surface area contributed by atoms with E-state index in [4.69, 9.17) is 11.6 Å². The molecule has 1 amide bonds. The summed E-state index contributed by atoms with van der Waals surface area (Å²) in [5, 5.41) is 1.59. The second-order valence-corrected chi connectivity index (χ2v) is 11.3. The van der Waals surface area contributed by atoms with Crippen molar-refractivity contribution >= 4 is 43.9 Å². The predicted octanol–water partition coefficient (Wildman–Crippen LogP) is 3.63. The van der Waals surface area contributed by atoms with Crippen LogP contribution < -0.4 is 4.90 Å². The van der Waals surface area contributed by atoms with Crippen molar-refractivity contribution < 1.29 is 13.2 Å². The number of hydrogen-bond acceptors (Lipinski definition) is 4. The monoisotopic (exact) mass is 441 g/mol. The van der Waals surface area contributed by atoms with Gasteiger partial charge in [-0.05, 0) is 55.2 Å². The van der Waals surface area contributed by atoms with E-state index in [1.807, 2.05) is 35.2 Å². The summed E-state index contributed by atoms with van der Waals surface area (Å²) in [5.41, 5.74) is 3.44. The molecule has 2 fully saturated rings. The Kier molecular flexibility index (Phi) is 3.73. The minimum absolute atomic E-state index is 0.124. The number of rotatable bonds is 3. The highest BCUT2D eigenvalue weighted by atomic mass is 35.5. The van der Waals surface area contributed by atoms with E-state index in [9.17, 15) is 13.2 Å². The van der Waals surface area contributed by atoms with Crippen LogP contribution in [-0.4, -0.2) is 35.4 Å². The van der Waals surface area contributed by atoms with Gasteiger partial charge in [0.15, 0.2) is 9.84 Å². The zero-order valence-corrected chi connectivity index (χ0v) is 17.8. The largest absolute Gasteiger partial charge is 0.339 e. The van der Waals surface area contributed by atoms with Crippen LogP contribution in [0.25, 0.3) is 10.9 Å². The number of halogens is 1. The lowest BCUT2D eigenvalue weighted by atomic mass is 9.99. The molecular weight excluding hydrogens is 422 g/mol. The summed E-state index contributed by atoms with van der Waals surface area (Å²) in [5.74, 6) is 0.449. The molecule has 3 aromatic rings. The van der Waals surface area contributed by atoms with Gasteiger partial charge in [-0.2, -0.15) is 0 Å². The summed E-state index contributed by atoms with van der Waals surface area (Å²) in [7, 11) is -3.05. The van der Waals surface area contributed by atoms with Gasteiger partial charge in [0.25, 0.3) is 0 Å². The zero-order valence-electron chi connectivity index (χ0n) is 16.2. The molecule has 154 valence electrons. The lowest BCUT2D eigenvalue weighted by molar-refractivity contribution is -0.120. The van der Waals surface area contributed by atoms with Crippen molar-refractivity contribution in [2.45, 2.75) is 37.3 Å². The number of hydrogen-bond donors (Lipinski definition) is 0. The first kappa shape index (κ1) is 18.4. The van der Waals surface area contributed by atoms with Crippen molar-refractivity contribution in [1.29, 1.82) is 0 Å². The first-order chi connectivity index (χ1) is 14.4. The molecule has 6 rings (SSSR count). The highest BCUT2D eigenvalue weighted by Gasteiger charge is 2.59. The average Bonchev–Trinajstić information content (AvgIpc) is 3.27. The van der Waals surface area contributed by atoms with E-state index in [1.54, 1.807) is 12.4 Å². The van der Waals surface area contributed by atoms with Gasteiger partial charge in [-0.3, -0.25) is 9.78 Å². The first-order valence-electron chi connectivity index (χ1n) is 10.1. The Morgan fingerprint density at radius 1 is 1.20 bits per heavy atom. The molecule has 8 heteroatoms. The summed E-state index contributed by atoms with van der Waals surface area (Å²) in [4.78, 5) is 19.4. The molecule has 1 saturated heterocycles. The second-order valence-electron chi connectivity index (χ2n) is 8.63. The third-order valence-corrected chi connectivity index (χ3v) is 8.77. The standard InChI is InChI=1S/C22H20ClN3O3S/c23-15-1-2-19-14(9-15)10-17(26(19)16-4-8-30(28,29)13-16)12-25-20-11-24-7-3-18(20)22(5-6-22)21(25)27/h1-3,7,9-11,16H,4-6,8,12-13H2/t16-/m0/s1. The van der Waals surface area contributed by atoms with Gasteiger partial charge in [0, 0.05) is 33.9 Å². The van der Waals surface area contributed by atoms with Crippen LogP contribution in [0.1, 0.15) is 36.6 Å². The first-order valence-corrected chi connectivity index (χ1v) is 12.3. The van der Waals surface area contributed by atoms with Gasteiger partial charge in [0.05, 0.1) is 35.3 Å². The maximum Gasteiger partial charge on any atom is 0.238 e. The van der Waals surface area contributed by atoms with Crippen LogP contribution in [-0.2, 0) is 26.6 Å². The molecule has 1 spiro atoms. The Balaban J connectivity index is 1.47. The van der Waals surface area contributed by atoms with Crippen molar-refractivity contribution in [3.05, 3.63) is 59.0 Å². The summed E-state index contributed by atoms with van der Waals surface area (Å²) < 4.78 is 26.5. The van der Waals surface area contributed by atoms with E-state index < -0.39 is 9.84 Å². The average molecular weight is 442 g/mol. The number of nitrogens with zero attached hydrogens (tertiary/aromatic N) is 3. The van der Waals surface area contributed by atoms with E-state index >= 15 is 0 Å². The number of carbonyl (C=O) groups is 1. The number of carbonyl (C=O) groups excluding carboxylic acids is 1. The molecule has 1 aliphatic carbocycles. The van der Waals surface area contributed by atoms with Gasteiger partial charge in [0.1, 0.15) is 0 Å². The van der Waals surface area contributed by atoms with Crippen molar-refractivity contribution in [3.63, 3.8) is 0 Å².